The second-order valence-electron chi connectivity index (χ2n) is 6.92. The van der Waals surface area contributed by atoms with Gasteiger partial charge in [-0.25, -0.2) is 19.7 Å². The van der Waals surface area contributed by atoms with Crippen LogP contribution in [0.2, 0.25) is 0 Å². The van der Waals surface area contributed by atoms with Crippen molar-refractivity contribution in [3.8, 4) is 16.5 Å². The van der Waals surface area contributed by atoms with Crippen molar-refractivity contribution in [1.82, 2.24) is 30.0 Å². The summed E-state index contributed by atoms with van der Waals surface area (Å²) in [5.74, 6) is -0.391. The summed E-state index contributed by atoms with van der Waals surface area (Å²) in [4.78, 5) is 38.8. The number of nitrogens with zero attached hydrogens (tertiary/aromatic N) is 5. The Labute approximate surface area is 203 Å². The number of carbonyl (C=O) groups is 2. The third-order valence-corrected chi connectivity index (χ3v) is 6.46. The summed E-state index contributed by atoms with van der Waals surface area (Å²) in [6, 6.07) is 5.76. The molecule has 4 aromatic rings. The summed E-state index contributed by atoms with van der Waals surface area (Å²) >= 11 is 2.93. The van der Waals surface area contributed by atoms with Gasteiger partial charge in [-0.1, -0.05) is 6.07 Å². The molecule has 0 spiro atoms. The molecule has 0 bridgehead atoms. The van der Waals surface area contributed by atoms with Gasteiger partial charge in [0.25, 0.3) is 11.9 Å². The van der Waals surface area contributed by atoms with Gasteiger partial charge >= 0.3 is 5.97 Å². The molecule has 0 atom stereocenters. The van der Waals surface area contributed by atoms with E-state index < -0.39 is 5.97 Å². The maximum atomic E-state index is 12.9. The molecular formula is C22H22N6O4S2. The molecule has 0 aromatic carbocycles. The second-order valence-corrected chi connectivity index (χ2v) is 8.81. The van der Waals surface area contributed by atoms with Crippen LogP contribution < -0.4 is 5.32 Å². The molecule has 0 radical (unpaired) electrons. The van der Waals surface area contributed by atoms with Crippen LogP contribution in [-0.2, 0) is 22.5 Å². The van der Waals surface area contributed by atoms with Crippen LogP contribution in [0.25, 0.3) is 16.5 Å². The van der Waals surface area contributed by atoms with E-state index in [1.165, 1.54) is 22.2 Å². The molecule has 12 heteroatoms. The predicted molar refractivity (Wildman–Crippen MR) is 127 cm³/mol. The number of hydrogen-bond acceptors (Lipinski definition) is 10. The SMILES string of the molecule is CCOC(=O)c1csc(CCNC(=O)c2cnn(-c3nccc(-c4cccs4)n3)c2COC)n1. The van der Waals surface area contributed by atoms with Crippen molar-refractivity contribution in [2.24, 2.45) is 0 Å². The van der Waals surface area contributed by atoms with Gasteiger partial charge in [0.2, 0.25) is 0 Å². The smallest absolute Gasteiger partial charge is 0.357 e. The Balaban J connectivity index is 1.46. The lowest BCUT2D eigenvalue weighted by atomic mass is 10.2. The molecule has 4 heterocycles. The van der Waals surface area contributed by atoms with Crippen LogP contribution >= 0.6 is 22.7 Å². The van der Waals surface area contributed by atoms with Crippen LogP contribution in [0.5, 0.6) is 0 Å². The Hall–Kier alpha value is -3.48. The fourth-order valence-corrected chi connectivity index (χ4v) is 4.59. The second kappa shape index (κ2) is 11.1. The Morgan fingerprint density at radius 1 is 1.21 bits per heavy atom. The standard InChI is InChI=1S/C22H22N6O4S2/c1-3-32-21(30)16-13-34-19(26-16)7-9-23-20(29)14-11-25-28(17(14)12-31-2)22-24-8-6-15(27-22)18-5-4-10-33-18/h4-6,8,10-11,13H,3,7,9,12H2,1-2H3,(H,23,29). The highest BCUT2D eigenvalue weighted by molar-refractivity contribution is 7.13. The van der Waals surface area contributed by atoms with Gasteiger partial charge in [-0.3, -0.25) is 4.79 Å². The minimum Gasteiger partial charge on any atom is -0.461 e. The zero-order chi connectivity index (χ0) is 23.9. The molecule has 1 amide bonds. The molecule has 0 saturated heterocycles. The van der Waals surface area contributed by atoms with Crippen molar-refractivity contribution in [1.29, 1.82) is 0 Å². The number of carbonyl (C=O) groups excluding carboxylic acids is 2. The van der Waals surface area contributed by atoms with Gasteiger partial charge in [0.1, 0.15) is 0 Å². The van der Waals surface area contributed by atoms with Crippen LogP contribution in [0.3, 0.4) is 0 Å². The third-order valence-electron chi connectivity index (χ3n) is 4.66. The summed E-state index contributed by atoms with van der Waals surface area (Å²) in [6.07, 6.45) is 3.62. The molecule has 10 nitrogen and oxygen atoms in total. The number of hydrogen-bond donors (Lipinski definition) is 1. The van der Waals surface area contributed by atoms with Gasteiger partial charge < -0.3 is 14.8 Å². The fraction of sp³-hybridized carbons (Fsp3) is 0.273. The number of esters is 1. The van der Waals surface area contributed by atoms with Crippen LogP contribution in [0.4, 0.5) is 0 Å². The minimum atomic E-state index is -0.448. The van der Waals surface area contributed by atoms with Crippen LogP contribution in [0.1, 0.15) is 38.5 Å². The largest absolute Gasteiger partial charge is 0.461 e. The van der Waals surface area contributed by atoms with E-state index in [-0.39, 0.29) is 18.2 Å². The number of amides is 1. The van der Waals surface area contributed by atoms with Crippen LogP contribution in [0.15, 0.2) is 41.4 Å². The van der Waals surface area contributed by atoms with E-state index in [0.717, 1.165) is 15.6 Å². The number of rotatable bonds is 10. The van der Waals surface area contributed by atoms with E-state index in [1.807, 2.05) is 23.6 Å². The Morgan fingerprint density at radius 2 is 2.09 bits per heavy atom. The van der Waals surface area contributed by atoms with Crippen LogP contribution in [0, 0.1) is 0 Å². The molecule has 0 saturated carbocycles. The maximum Gasteiger partial charge on any atom is 0.357 e. The molecule has 0 fully saturated rings. The van der Waals surface area contributed by atoms with Gasteiger partial charge in [-0.2, -0.15) is 9.78 Å². The first-order valence-corrected chi connectivity index (χ1v) is 12.2. The molecule has 0 aliphatic heterocycles. The van der Waals surface area contributed by atoms with Crippen molar-refractivity contribution in [3.63, 3.8) is 0 Å². The average Bonchev–Trinajstić information content (AvgIpc) is 3.61. The first-order valence-electron chi connectivity index (χ1n) is 10.4. The van der Waals surface area contributed by atoms with Gasteiger partial charge in [0.15, 0.2) is 5.69 Å². The molecule has 176 valence electrons. The van der Waals surface area contributed by atoms with Crippen molar-refractivity contribution in [2.75, 3.05) is 20.3 Å². The Morgan fingerprint density at radius 3 is 2.85 bits per heavy atom. The number of thiazole rings is 1. The third kappa shape index (κ3) is 5.35. The highest BCUT2D eigenvalue weighted by Crippen LogP contribution is 2.23. The zero-order valence-electron chi connectivity index (χ0n) is 18.6. The van der Waals surface area contributed by atoms with Gasteiger partial charge in [-0.15, -0.1) is 22.7 Å². The average molecular weight is 499 g/mol. The zero-order valence-corrected chi connectivity index (χ0v) is 20.2. The van der Waals surface area contributed by atoms with E-state index in [0.29, 0.717) is 36.8 Å². The highest BCUT2D eigenvalue weighted by atomic mass is 32.1. The maximum absolute atomic E-state index is 12.9. The lowest BCUT2D eigenvalue weighted by Gasteiger charge is -2.09. The van der Waals surface area contributed by atoms with E-state index in [1.54, 1.807) is 36.9 Å². The highest BCUT2D eigenvalue weighted by Gasteiger charge is 2.20. The van der Waals surface area contributed by atoms with Crippen molar-refractivity contribution in [2.45, 2.75) is 20.0 Å². The van der Waals surface area contributed by atoms with Crippen molar-refractivity contribution < 1.29 is 19.1 Å². The first kappa shape index (κ1) is 23.7. The summed E-state index contributed by atoms with van der Waals surface area (Å²) in [6.45, 7) is 2.54. The lowest BCUT2D eigenvalue weighted by molar-refractivity contribution is 0.0520. The van der Waals surface area contributed by atoms with E-state index in [4.69, 9.17) is 9.47 Å². The van der Waals surface area contributed by atoms with Gasteiger partial charge in [0.05, 0.1) is 46.2 Å². The predicted octanol–water partition coefficient (Wildman–Crippen LogP) is 3.14. The molecule has 0 aliphatic rings. The van der Waals surface area contributed by atoms with Crippen LogP contribution in [-0.4, -0.2) is 56.9 Å². The number of thiophene rings is 1. The summed E-state index contributed by atoms with van der Waals surface area (Å²) in [7, 11) is 1.55. The van der Waals surface area contributed by atoms with Crippen molar-refractivity contribution >= 4 is 34.6 Å². The number of nitrogens with one attached hydrogen (secondary N) is 1. The molecule has 0 unspecified atom stereocenters. The van der Waals surface area contributed by atoms with Gasteiger partial charge in [0, 0.05) is 31.7 Å². The molecule has 1 N–H and O–H groups in total. The quantitative estimate of drug-likeness (QED) is 0.331. The summed E-state index contributed by atoms with van der Waals surface area (Å²) in [5, 5.41) is 11.6. The normalized spacial score (nSPS) is 10.9. The minimum absolute atomic E-state index is 0.157. The summed E-state index contributed by atoms with van der Waals surface area (Å²) < 4.78 is 11.8. The number of aromatic nitrogens is 5. The molecule has 4 rings (SSSR count). The van der Waals surface area contributed by atoms with E-state index in [2.05, 4.69) is 25.4 Å². The Kier molecular flexibility index (Phi) is 7.72. The van der Waals surface area contributed by atoms with Gasteiger partial charge in [-0.05, 0) is 24.4 Å². The van der Waals surface area contributed by atoms with Crippen molar-refractivity contribution in [3.05, 3.63) is 63.3 Å². The monoisotopic (exact) mass is 498 g/mol. The molecule has 34 heavy (non-hydrogen) atoms. The summed E-state index contributed by atoms with van der Waals surface area (Å²) in [5.41, 5.74) is 1.97. The lowest BCUT2D eigenvalue weighted by Crippen LogP contribution is -2.26. The molecular weight excluding hydrogens is 476 g/mol. The molecule has 4 aromatic heterocycles. The molecule has 0 aliphatic carbocycles. The fourth-order valence-electron chi connectivity index (χ4n) is 3.13. The number of methoxy groups -OCH3 is 1. The topological polar surface area (TPSA) is 121 Å². The number of ether oxygens (including phenoxy) is 2. The first-order chi connectivity index (χ1) is 16.6. The Bertz CT molecular complexity index is 1270. The van der Waals surface area contributed by atoms with E-state index in [9.17, 15) is 9.59 Å². The van der Waals surface area contributed by atoms with E-state index >= 15 is 0 Å².